The van der Waals surface area contributed by atoms with Gasteiger partial charge >= 0.3 is 0 Å². The summed E-state index contributed by atoms with van der Waals surface area (Å²) in [6.07, 6.45) is 1.68. The number of carbonyl (C=O) groups is 1. The van der Waals surface area contributed by atoms with Crippen LogP contribution < -0.4 is 4.74 Å². The molecule has 0 radical (unpaired) electrons. The Labute approximate surface area is 158 Å². The van der Waals surface area contributed by atoms with Gasteiger partial charge in [0.15, 0.2) is 0 Å². The van der Waals surface area contributed by atoms with Crippen LogP contribution in [0.1, 0.15) is 22.2 Å². The fourth-order valence-corrected chi connectivity index (χ4v) is 3.18. The quantitative estimate of drug-likeness (QED) is 0.651. The SMILES string of the molecule is COc1ccc(Br)c(C(=O)N2CC(c3nc(-c4ccccn4)no3)C2)c1. The van der Waals surface area contributed by atoms with Crippen molar-refractivity contribution in [2.75, 3.05) is 20.2 Å². The zero-order valence-electron chi connectivity index (χ0n) is 13.9. The zero-order chi connectivity index (χ0) is 18.1. The number of hydrogen-bond donors (Lipinski definition) is 0. The third kappa shape index (κ3) is 3.08. The van der Waals surface area contributed by atoms with E-state index in [2.05, 4.69) is 31.1 Å². The van der Waals surface area contributed by atoms with Gasteiger partial charge in [-0.15, -0.1) is 0 Å². The van der Waals surface area contributed by atoms with Gasteiger partial charge in [-0.25, -0.2) is 0 Å². The van der Waals surface area contributed by atoms with Crippen LogP contribution in [0, 0.1) is 0 Å². The maximum atomic E-state index is 12.7. The van der Waals surface area contributed by atoms with E-state index in [0.29, 0.717) is 41.8 Å². The highest BCUT2D eigenvalue weighted by Crippen LogP contribution is 2.31. The Morgan fingerprint density at radius 1 is 1.31 bits per heavy atom. The number of carbonyl (C=O) groups excluding carboxylic acids is 1. The van der Waals surface area contributed by atoms with Gasteiger partial charge in [0.1, 0.15) is 11.4 Å². The largest absolute Gasteiger partial charge is 0.497 e. The molecule has 4 rings (SSSR count). The van der Waals surface area contributed by atoms with E-state index in [4.69, 9.17) is 9.26 Å². The van der Waals surface area contributed by atoms with Crippen molar-refractivity contribution in [3.63, 3.8) is 0 Å². The molecule has 0 N–H and O–H groups in total. The number of nitrogens with zero attached hydrogens (tertiary/aromatic N) is 4. The van der Waals surface area contributed by atoms with Crippen molar-refractivity contribution in [1.29, 1.82) is 0 Å². The fourth-order valence-electron chi connectivity index (χ4n) is 2.77. The first-order valence-electron chi connectivity index (χ1n) is 8.03. The number of aromatic nitrogens is 3. The molecule has 1 aliphatic heterocycles. The highest BCUT2D eigenvalue weighted by molar-refractivity contribution is 9.10. The molecule has 8 heteroatoms. The van der Waals surface area contributed by atoms with Gasteiger partial charge < -0.3 is 14.2 Å². The average Bonchev–Trinajstić information content (AvgIpc) is 3.11. The summed E-state index contributed by atoms with van der Waals surface area (Å²) in [6, 6.07) is 10.9. The van der Waals surface area contributed by atoms with Crippen molar-refractivity contribution < 1.29 is 14.1 Å². The van der Waals surface area contributed by atoms with Gasteiger partial charge in [-0.05, 0) is 46.3 Å². The zero-order valence-corrected chi connectivity index (χ0v) is 15.5. The topological polar surface area (TPSA) is 81.4 Å². The number of amides is 1. The number of likely N-dealkylation sites (tertiary alicyclic amines) is 1. The third-order valence-corrected chi connectivity index (χ3v) is 4.95. The van der Waals surface area contributed by atoms with Gasteiger partial charge in [-0.2, -0.15) is 4.98 Å². The van der Waals surface area contributed by atoms with Gasteiger partial charge in [-0.3, -0.25) is 9.78 Å². The molecule has 1 aromatic carbocycles. The van der Waals surface area contributed by atoms with Crippen LogP contribution in [0.25, 0.3) is 11.5 Å². The molecule has 0 saturated carbocycles. The van der Waals surface area contributed by atoms with E-state index < -0.39 is 0 Å². The van der Waals surface area contributed by atoms with E-state index in [1.54, 1.807) is 36.4 Å². The second-order valence-corrected chi connectivity index (χ2v) is 6.78. The second-order valence-electron chi connectivity index (χ2n) is 5.92. The standard InChI is InChI=1S/C18H15BrN4O3/c1-25-12-5-6-14(19)13(8-12)18(24)23-9-11(10-23)17-21-16(22-26-17)15-4-2-3-7-20-15/h2-8,11H,9-10H2,1H3. The molecule has 3 aromatic rings. The number of rotatable bonds is 4. The molecule has 2 aromatic heterocycles. The minimum atomic E-state index is -0.0588. The normalized spacial score (nSPS) is 14.2. The average molecular weight is 415 g/mol. The maximum absolute atomic E-state index is 12.7. The molecule has 0 unspecified atom stereocenters. The molecule has 0 spiro atoms. The van der Waals surface area contributed by atoms with Crippen molar-refractivity contribution >= 4 is 21.8 Å². The number of pyridine rings is 1. The van der Waals surface area contributed by atoms with E-state index in [-0.39, 0.29) is 11.8 Å². The number of halogens is 1. The van der Waals surface area contributed by atoms with Gasteiger partial charge in [0.25, 0.3) is 5.91 Å². The predicted molar refractivity (Wildman–Crippen MR) is 96.9 cm³/mol. The minimum absolute atomic E-state index is 0.0355. The molecule has 0 aliphatic carbocycles. The van der Waals surface area contributed by atoms with Crippen LogP contribution in [-0.2, 0) is 0 Å². The lowest BCUT2D eigenvalue weighted by molar-refractivity contribution is 0.0568. The minimum Gasteiger partial charge on any atom is -0.497 e. The molecule has 1 saturated heterocycles. The molecule has 0 atom stereocenters. The van der Waals surface area contributed by atoms with Crippen LogP contribution in [0.3, 0.4) is 0 Å². The van der Waals surface area contributed by atoms with Crippen molar-refractivity contribution in [3.05, 3.63) is 58.5 Å². The van der Waals surface area contributed by atoms with Crippen LogP contribution in [-0.4, -0.2) is 46.1 Å². The van der Waals surface area contributed by atoms with E-state index in [9.17, 15) is 4.79 Å². The number of hydrogen-bond acceptors (Lipinski definition) is 6. The molecule has 0 bridgehead atoms. The third-order valence-electron chi connectivity index (χ3n) is 4.26. The summed E-state index contributed by atoms with van der Waals surface area (Å²) in [6.45, 7) is 1.07. The summed E-state index contributed by atoms with van der Waals surface area (Å²) in [7, 11) is 1.58. The van der Waals surface area contributed by atoms with Gasteiger partial charge in [0.05, 0.1) is 18.6 Å². The Kier molecular flexibility index (Phi) is 4.42. The summed E-state index contributed by atoms with van der Waals surface area (Å²) in [5.74, 6) is 1.61. The van der Waals surface area contributed by atoms with E-state index in [0.717, 1.165) is 4.47 Å². The Balaban J connectivity index is 1.44. The number of methoxy groups -OCH3 is 1. The molecule has 1 aliphatic rings. The maximum Gasteiger partial charge on any atom is 0.255 e. The van der Waals surface area contributed by atoms with Crippen molar-refractivity contribution in [2.45, 2.75) is 5.92 Å². The van der Waals surface area contributed by atoms with E-state index >= 15 is 0 Å². The molecule has 132 valence electrons. The van der Waals surface area contributed by atoms with Crippen LogP contribution in [0.5, 0.6) is 5.75 Å². The lowest BCUT2D eigenvalue weighted by Gasteiger charge is -2.37. The highest BCUT2D eigenvalue weighted by atomic mass is 79.9. The molecular formula is C18H15BrN4O3. The molecular weight excluding hydrogens is 400 g/mol. The Hall–Kier alpha value is -2.74. The first-order chi connectivity index (χ1) is 12.7. The molecule has 3 heterocycles. The first kappa shape index (κ1) is 16.7. The number of ether oxygens (including phenoxy) is 1. The molecule has 7 nitrogen and oxygen atoms in total. The van der Waals surface area contributed by atoms with Crippen molar-refractivity contribution in [3.8, 4) is 17.3 Å². The fraction of sp³-hybridized carbons (Fsp3) is 0.222. The lowest BCUT2D eigenvalue weighted by atomic mass is 9.98. The highest BCUT2D eigenvalue weighted by Gasteiger charge is 2.36. The van der Waals surface area contributed by atoms with Gasteiger partial charge in [0, 0.05) is 23.8 Å². The van der Waals surface area contributed by atoms with E-state index in [1.807, 2.05) is 18.2 Å². The lowest BCUT2D eigenvalue weighted by Crippen LogP contribution is -2.48. The first-order valence-corrected chi connectivity index (χ1v) is 8.83. The molecule has 1 amide bonds. The molecule has 1 fully saturated rings. The van der Waals surface area contributed by atoms with Crippen LogP contribution in [0.2, 0.25) is 0 Å². The summed E-state index contributed by atoms with van der Waals surface area (Å²) < 4.78 is 11.3. The van der Waals surface area contributed by atoms with E-state index in [1.165, 1.54) is 0 Å². The van der Waals surface area contributed by atoms with Gasteiger partial charge in [-0.1, -0.05) is 11.2 Å². The Morgan fingerprint density at radius 2 is 2.15 bits per heavy atom. The predicted octanol–water partition coefficient (Wildman–Crippen LogP) is 3.14. The summed E-state index contributed by atoms with van der Waals surface area (Å²) in [4.78, 5) is 23.0. The van der Waals surface area contributed by atoms with Gasteiger partial charge in [0.2, 0.25) is 11.7 Å². The van der Waals surface area contributed by atoms with Crippen molar-refractivity contribution in [2.24, 2.45) is 0 Å². The molecule has 26 heavy (non-hydrogen) atoms. The van der Waals surface area contributed by atoms with Crippen molar-refractivity contribution in [1.82, 2.24) is 20.0 Å². The summed E-state index contributed by atoms with van der Waals surface area (Å²) in [5.41, 5.74) is 1.23. The second kappa shape index (κ2) is 6.87. The summed E-state index contributed by atoms with van der Waals surface area (Å²) in [5, 5.41) is 3.98. The number of benzene rings is 1. The Morgan fingerprint density at radius 3 is 2.88 bits per heavy atom. The van der Waals surface area contributed by atoms with Crippen LogP contribution >= 0.6 is 15.9 Å². The summed E-state index contributed by atoms with van der Waals surface area (Å²) >= 11 is 3.42. The Bertz CT molecular complexity index is 939. The van der Waals surface area contributed by atoms with Crippen LogP contribution in [0.4, 0.5) is 0 Å². The van der Waals surface area contributed by atoms with Crippen LogP contribution in [0.15, 0.2) is 51.6 Å². The monoisotopic (exact) mass is 414 g/mol. The smallest absolute Gasteiger partial charge is 0.255 e.